The van der Waals surface area contributed by atoms with E-state index >= 15 is 0 Å². The van der Waals surface area contributed by atoms with E-state index in [1.165, 1.54) is 24.2 Å². The summed E-state index contributed by atoms with van der Waals surface area (Å²) in [7, 11) is 0. The van der Waals surface area contributed by atoms with E-state index in [0.717, 1.165) is 27.8 Å². The van der Waals surface area contributed by atoms with Crippen LogP contribution in [0.3, 0.4) is 0 Å². The van der Waals surface area contributed by atoms with Gasteiger partial charge in [-0.1, -0.05) is 17.4 Å². The van der Waals surface area contributed by atoms with Crippen LogP contribution < -0.4 is 10.6 Å². The van der Waals surface area contributed by atoms with Crippen LogP contribution in [-0.2, 0) is 0 Å². The summed E-state index contributed by atoms with van der Waals surface area (Å²) < 4.78 is 0. The van der Waals surface area contributed by atoms with Crippen molar-refractivity contribution in [3.63, 3.8) is 0 Å². The number of thiazole rings is 1. The van der Waals surface area contributed by atoms with Crippen molar-refractivity contribution in [1.29, 1.82) is 0 Å². The van der Waals surface area contributed by atoms with Gasteiger partial charge in [-0.3, -0.25) is 14.9 Å². The Hall–Kier alpha value is -3.33. The predicted octanol–water partition coefficient (Wildman–Crippen LogP) is 3.99. The number of benzene rings is 1. The van der Waals surface area contributed by atoms with Crippen LogP contribution in [0.1, 0.15) is 39.7 Å². The Kier molecular flexibility index (Phi) is 4.01. The summed E-state index contributed by atoms with van der Waals surface area (Å²) in [6, 6.07) is 3.89. The Balaban J connectivity index is 1.31. The quantitative estimate of drug-likeness (QED) is 0.475. The highest BCUT2D eigenvalue weighted by Gasteiger charge is 2.25. The number of nitrogens with zero attached hydrogens (tertiary/aromatic N) is 4. The Morgan fingerprint density at radius 3 is 2.82 bits per heavy atom. The molecular formula is C19H17N7OS. The summed E-state index contributed by atoms with van der Waals surface area (Å²) in [5.41, 5.74) is 3.63. The normalized spacial score (nSPS) is 13.6. The number of nitrogens with one attached hydrogen (secondary N) is 3. The minimum atomic E-state index is -0.211. The first-order valence-corrected chi connectivity index (χ1v) is 9.78. The molecule has 1 saturated carbocycles. The van der Waals surface area contributed by atoms with E-state index in [1.807, 2.05) is 19.1 Å². The maximum absolute atomic E-state index is 12.7. The third kappa shape index (κ3) is 3.20. The van der Waals surface area contributed by atoms with Crippen molar-refractivity contribution in [2.45, 2.75) is 25.7 Å². The number of hydrogen-bond donors (Lipinski definition) is 3. The molecule has 0 atom stereocenters. The molecule has 3 N–H and O–H groups in total. The van der Waals surface area contributed by atoms with Crippen molar-refractivity contribution < 1.29 is 4.79 Å². The first-order valence-electron chi connectivity index (χ1n) is 8.96. The molecule has 1 amide bonds. The molecule has 28 heavy (non-hydrogen) atoms. The van der Waals surface area contributed by atoms with E-state index in [9.17, 15) is 4.79 Å². The lowest BCUT2D eigenvalue weighted by atomic mass is 10.1. The summed E-state index contributed by atoms with van der Waals surface area (Å²) in [5, 5.41) is 14.5. The number of aromatic nitrogens is 5. The van der Waals surface area contributed by atoms with E-state index in [0.29, 0.717) is 21.7 Å². The second-order valence-corrected chi connectivity index (χ2v) is 7.83. The molecule has 9 heteroatoms. The number of fused-ring (bicyclic) bond motifs is 1. The number of hydrogen-bond acceptors (Lipinski definition) is 7. The summed E-state index contributed by atoms with van der Waals surface area (Å²) in [5.74, 6) is 0.974. The van der Waals surface area contributed by atoms with Crippen LogP contribution >= 0.6 is 11.3 Å². The minimum absolute atomic E-state index is 0.211. The fraction of sp³-hybridized carbons (Fsp3) is 0.211. The third-order valence-corrected chi connectivity index (χ3v) is 5.61. The van der Waals surface area contributed by atoms with Gasteiger partial charge in [0.25, 0.3) is 5.91 Å². The number of anilines is 3. The number of rotatable bonds is 5. The van der Waals surface area contributed by atoms with Gasteiger partial charge in [-0.2, -0.15) is 5.10 Å². The second-order valence-electron chi connectivity index (χ2n) is 6.80. The molecule has 8 nitrogen and oxygen atoms in total. The molecule has 4 aromatic rings. The molecule has 5 rings (SSSR count). The van der Waals surface area contributed by atoms with Gasteiger partial charge in [-0.15, -0.1) is 0 Å². The first-order chi connectivity index (χ1) is 13.7. The fourth-order valence-corrected chi connectivity index (χ4v) is 3.72. The van der Waals surface area contributed by atoms with Gasteiger partial charge in [0.15, 0.2) is 10.9 Å². The van der Waals surface area contributed by atoms with Gasteiger partial charge in [0.1, 0.15) is 4.88 Å². The van der Waals surface area contributed by atoms with E-state index < -0.39 is 0 Å². The number of H-pyrrole nitrogens is 1. The van der Waals surface area contributed by atoms with Gasteiger partial charge < -0.3 is 10.6 Å². The van der Waals surface area contributed by atoms with Crippen molar-refractivity contribution in [3.8, 4) is 0 Å². The molecule has 1 aliphatic rings. The number of carbonyl (C=O) groups is 1. The maximum atomic E-state index is 12.7. The molecule has 1 fully saturated rings. The molecule has 0 saturated heterocycles. The van der Waals surface area contributed by atoms with Crippen molar-refractivity contribution in [1.82, 2.24) is 25.1 Å². The summed E-state index contributed by atoms with van der Waals surface area (Å²) >= 11 is 1.27. The molecule has 0 spiro atoms. The first kappa shape index (κ1) is 16.8. The third-order valence-electron chi connectivity index (χ3n) is 4.70. The molecule has 1 aromatic carbocycles. The second kappa shape index (κ2) is 6.68. The summed E-state index contributed by atoms with van der Waals surface area (Å²) in [6.07, 6.45) is 9.16. The van der Waals surface area contributed by atoms with Gasteiger partial charge in [0.05, 0.1) is 41.7 Å². The van der Waals surface area contributed by atoms with E-state index in [1.54, 1.807) is 24.8 Å². The van der Waals surface area contributed by atoms with E-state index in [2.05, 4.69) is 35.8 Å². The van der Waals surface area contributed by atoms with Gasteiger partial charge in [-0.25, -0.2) is 9.97 Å². The Labute approximate surface area is 164 Å². The number of aryl methyl sites for hydroxylation is 1. The topological polar surface area (TPSA) is 108 Å². The van der Waals surface area contributed by atoms with Crippen LogP contribution in [-0.4, -0.2) is 31.1 Å². The lowest BCUT2D eigenvalue weighted by molar-refractivity contribution is 0.103. The highest BCUT2D eigenvalue weighted by molar-refractivity contribution is 7.17. The lowest BCUT2D eigenvalue weighted by Gasteiger charge is -2.08. The van der Waals surface area contributed by atoms with Crippen LogP contribution in [0.2, 0.25) is 0 Å². The van der Waals surface area contributed by atoms with Gasteiger partial charge in [0.2, 0.25) is 0 Å². The average molecular weight is 391 g/mol. The largest absolute Gasteiger partial charge is 0.320 e. The zero-order valence-electron chi connectivity index (χ0n) is 15.1. The monoisotopic (exact) mass is 391 g/mol. The summed E-state index contributed by atoms with van der Waals surface area (Å²) in [4.78, 5) is 26.3. The highest BCUT2D eigenvalue weighted by Crippen LogP contribution is 2.38. The van der Waals surface area contributed by atoms with Crippen LogP contribution in [0.15, 0.2) is 36.9 Å². The molecular weight excluding hydrogens is 374 g/mol. The van der Waals surface area contributed by atoms with Crippen molar-refractivity contribution in [3.05, 3.63) is 53.1 Å². The standard InChI is InChI=1S/C19H17N7OS/c1-10-2-5-13-12(6-23-26-13)17(10)25-18(27)15-8-22-19(28-15)24-16-9-20-14(7-21-16)11-3-4-11/h2,5-9,11H,3-4H2,1H3,(H,23,26)(H,25,27)(H,21,22,24). The average Bonchev–Trinajstić information content (AvgIpc) is 3.25. The van der Waals surface area contributed by atoms with E-state index in [-0.39, 0.29) is 5.91 Å². The van der Waals surface area contributed by atoms with Crippen LogP contribution in [0.5, 0.6) is 0 Å². The maximum Gasteiger partial charge on any atom is 0.267 e. The van der Waals surface area contributed by atoms with Crippen molar-refractivity contribution in [2.75, 3.05) is 10.6 Å². The minimum Gasteiger partial charge on any atom is -0.320 e. The molecule has 0 aliphatic heterocycles. The SMILES string of the molecule is Cc1ccc2[nH]ncc2c1NC(=O)c1cnc(Nc2cnc(C3CC3)cn2)s1. The lowest BCUT2D eigenvalue weighted by Crippen LogP contribution is -2.11. The van der Waals surface area contributed by atoms with Crippen molar-refractivity contribution >= 4 is 44.8 Å². The number of carbonyl (C=O) groups excluding carboxylic acids is 1. The smallest absolute Gasteiger partial charge is 0.267 e. The number of aromatic amines is 1. The Bertz CT molecular complexity index is 1160. The van der Waals surface area contributed by atoms with Crippen LogP contribution in [0, 0.1) is 6.92 Å². The highest BCUT2D eigenvalue weighted by atomic mass is 32.1. The zero-order chi connectivity index (χ0) is 19.1. The molecule has 0 unspecified atom stereocenters. The molecule has 3 heterocycles. The fourth-order valence-electron chi connectivity index (χ4n) is 3.01. The Morgan fingerprint density at radius 1 is 1.14 bits per heavy atom. The molecule has 0 radical (unpaired) electrons. The predicted molar refractivity (Wildman–Crippen MR) is 108 cm³/mol. The molecule has 0 bridgehead atoms. The zero-order valence-corrected chi connectivity index (χ0v) is 15.9. The molecule has 140 valence electrons. The molecule has 3 aromatic heterocycles. The van der Waals surface area contributed by atoms with Gasteiger partial charge >= 0.3 is 0 Å². The van der Waals surface area contributed by atoms with Gasteiger partial charge in [-0.05, 0) is 31.4 Å². The summed E-state index contributed by atoms with van der Waals surface area (Å²) in [6.45, 7) is 1.95. The van der Waals surface area contributed by atoms with Crippen LogP contribution in [0.25, 0.3) is 10.9 Å². The van der Waals surface area contributed by atoms with E-state index in [4.69, 9.17) is 0 Å². The van der Waals surface area contributed by atoms with Crippen LogP contribution in [0.4, 0.5) is 16.6 Å². The molecule has 1 aliphatic carbocycles. The number of amides is 1. The van der Waals surface area contributed by atoms with Gasteiger partial charge in [0, 0.05) is 11.3 Å². The van der Waals surface area contributed by atoms with Crippen molar-refractivity contribution in [2.24, 2.45) is 0 Å². The Morgan fingerprint density at radius 2 is 2.04 bits per heavy atom.